The fraction of sp³-hybridized carbons (Fsp3) is 0.364. The molecular weight excluding hydrogens is 507 g/mol. The Labute approximate surface area is 233 Å². The molecule has 7 heteroatoms. The minimum Gasteiger partial charge on any atom is -0.457 e. The van der Waals surface area contributed by atoms with E-state index in [2.05, 4.69) is 0 Å². The normalized spacial score (nSPS) is 21.4. The molecule has 6 rings (SSSR count). The third-order valence-corrected chi connectivity index (χ3v) is 8.36. The van der Waals surface area contributed by atoms with Crippen LogP contribution in [0.3, 0.4) is 0 Å². The second-order valence-corrected chi connectivity index (χ2v) is 11.2. The number of anilines is 1. The fourth-order valence-electron chi connectivity index (χ4n) is 6.44. The molecule has 2 fully saturated rings. The Morgan fingerprint density at radius 3 is 2.33 bits per heavy atom. The van der Waals surface area contributed by atoms with E-state index in [0.717, 1.165) is 37.7 Å². The van der Waals surface area contributed by atoms with Gasteiger partial charge in [-0.25, -0.2) is 4.39 Å². The Morgan fingerprint density at radius 2 is 1.62 bits per heavy atom. The van der Waals surface area contributed by atoms with Gasteiger partial charge in [0, 0.05) is 36.4 Å². The van der Waals surface area contributed by atoms with E-state index in [1.165, 1.54) is 19.1 Å². The summed E-state index contributed by atoms with van der Waals surface area (Å²) in [7, 11) is 0. The second kappa shape index (κ2) is 10.9. The number of fused-ring (bicyclic) bond motifs is 2. The summed E-state index contributed by atoms with van der Waals surface area (Å²) in [6.07, 6.45) is 4.84. The van der Waals surface area contributed by atoms with Gasteiger partial charge >= 0.3 is 0 Å². The average molecular weight is 541 g/mol. The molecule has 3 aliphatic rings. The van der Waals surface area contributed by atoms with E-state index in [1.807, 2.05) is 35.2 Å². The number of carbonyl (C=O) groups excluding carboxylic acids is 3. The molecule has 3 atom stereocenters. The molecule has 2 amide bonds. The van der Waals surface area contributed by atoms with Gasteiger partial charge in [-0.05, 0) is 86.7 Å². The monoisotopic (exact) mass is 540 g/mol. The van der Waals surface area contributed by atoms with Gasteiger partial charge < -0.3 is 19.3 Å². The number of rotatable bonds is 8. The number of hydrogen-bond acceptors (Lipinski definition) is 4. The summed E-state index contributed by atoms with van der Waals surface area (Å²) in [5, 5.41) is 0. The summed E-state index contributed by atoms with van der Waals surface area (Å²) < 4.78 is 20.6. The molecule has 0 radical (unpaired) electrons. The van der Waals surface area contributed by atoms with Crippen molar-refractivity contribution in [2.75, 3.05) is 4.90 Å². The molecule has 40 heavy (non-hydrogen) atoms. The maximum atomic E-state index is 14.7. The molecule has 3 unspecified atom stereocenters. The number of ketones is 1. The number of para-hydroxylation sites is 1. The summed E-state index contributed by atoms with van der Waals surface area (Å²) in [6, 6.07) is 20.8. The van der Waals surface area contributed by atoms with Gasteiger partial charge in [0.15, 0.2) is 0 Å². The van der Waals surface area contributed by atoms with Gasteiger partial charge in [0.05, 0.1) is 11.7 Å². The number of nitrogens with zero attached hydrogens (tertiary/aromatic N) is 2. The molecule has 2 saturated carbocycles. The van der Waals surface area contributed by atoms with Crippen LogP contribution in [0.1, 0.15) is 73.8 Å². The van der Waals surface area contributed by atoms with Crippen LogP contribution in [0.25, 0.3) is 0 Å². The van der Waals surface area contributed by atoms with Gasteiger partial charge in [0.2, 0.25) is 5.91 Å². The maximum Gasteiger partial charge on any atom is 0.258 e. The first-order valence-electron chi connectivity index (χ1n) is 14.2. The maximum absolute atomic E-state index is 14.7. The third-order valence-electron chi connectivity index (χ3n) is 8.36. The summed E-state index contributed by atoms with van der Waals surface area (Å²) in [4.78, 5) is 43.0. The van der Waals surface area contributed by atoms with Crippen molar-refractivity contribution >= 4 is 23.3 Å². The smallest absolute Gasteiger partial charge is 0.258 e. The first kappa shape index (κ1) is 26.2. The summed E-state index contributed by atoms with van der Waals surface area (Å²) >= 11 is 0. The highest BCUT2D eigenvalue weighted by Crippen LogP contribution is 2.53. The SMILES string of the molecule is CC(=O)CCC(=O)N(C1CC1)C1c2ccc(F)cc2N(C(=O)c2ccc(Oc3ccccc3)cc2)C2CCCC21. The lowest BCUT2D eigenvalue weighted by Gasteiger charge is -2.48. The van der Waals surface area contributed by atoms with E-state index >= 15 is 0 Å². The molecule has 3 aromatic rings. The molecule has 0 saturated heterocycles. The molecule has 1 heterocycles. The molecule has 3 aromatic carbocycles. The fourth-order valence-corrected chi connectivity index (χ4v) is 6.44. The number of ether oxygens (including phenoxy) is 1. The number of amides is 2. The van der Waals surface area contributed by atoms with Gasteiger partial charge in [-0.3, -0.25) is 9.59 Å². The van der Waals surface area contributed by atoms with Crippen molar-refractivity contribution in [3.05, 3.63) is 89.7 Å². The molecule has 206 valence electrons. The van der Waals surface area contributed by atoms with E-state index in [9.17, 15) is 18.8 Å². The van der Waals surface area contributed by atoms with Crippen LogP contribution in [0, 0.1) is 11.7 Å². The highest BCUT2D eigenvalue weighted by molar-refractivity contribution is 6.07. The predicted octanol–water partition coefficient (Wildman–Crippen LogP) is 6.85. The van der Waals surface area contributed by atoms with E-state index in [1.54, 1.807) is 35.2 Å². The molecule has 1 aliphatic heterocycles. The number of halogens is 1. The molecule has 6 nitrogen and oxygen atoms in total. The lowest BCUT2D eigenvalue weighted by atomic mass is 9.81. The van der Waals surface area contributed by atoms with Crippen LogP contribution < -0.4 is 9.64 Å². The van der Waals surface area contributed by atoms with Gasteiger partial charge in [-0.2, -0.15) is 0 Å². The lowest BCUT2D eigenvalue weighted by molar-refractivity contribution is -0.137. The van der Waals surface area contributed by atoms with Crippen molar-refractivity contribution in [2.45, 2.75) is 70.0 Å². The zero-order valence-corrected chi connectivity index (χ0v) is 22.6. The van der Waals surface area contributed by atoms with Crippen LogP contribution in [-0.4, -0.2) is 34.6 Å². The van der Waals surface area contributed by atoms with Crippen molar-refractivity contribution in [3.8, 4) is 11.5 Å². The Bertz CT molecular complexity index is 1420. The Kier molecular flexibility index (Phi) is 7.13. The van der Waals surface area contributed by atoms with Gasteiger partial charge in [0.25, 0.3) is 5.91 Å². The van der Waals surface area contributed by atoms with Crippen molar-refractivity contribution < 1.29 is 23.5 Å². The average Bonchev–Trinajstić information content (AvgIpc) is 3.67. The van der Waals surface area contributed by atoms with Gasteiger partial charge in [0.1, 0.15) is 23.1 Å². The van der Waals surface area contributed by atoms with Crippen molar-refractivity contribution in [2.24, 2.45) is 5.92 Å². The van der Waals surface area contributed by atoms with Crippen LogP contribution in [0.5, 0.6) is 11.5 Å². The van der Waals surface area contributed by atoms with Crippen LogP contribution in [-0.2, 0) is 9.59 Å². The minimum absolute atomic E-state index is 0.00841. The highest BCUT2D eigenvalue weighted by atomic mass is 19.1. The molecule has 0 aromatic heterocycles. The standard InChI is InChI=1S/C33H33FN2O4/c1-21(37)10-19-31(38)35(24-14-15-24)32-27-8-5-9-29(27)36(30-20-23(34)13-18-28(30)32)33(39)22-11-16-26(17-12-22)40-25-6-3-2-4-7-25/h2-4,6-7,11-13,16-18,20,24,27,29,32H,5,8-10,14-15,19H2,1H3. The van der Waals surface area contributed by atoms with Crippen LogP contribution in [0.4, 0.5) is 10.1 Å². The Balaban J connectivity index is 1.34. The number of Topliss-reactive ketones (excluding diaryl/α,β-unsaturated/α-hetero) is 1. The van der Waals surface area contributed by atoms with Crippen LogP contribution in [0.15, 0.2) is 72.8 Å². The summed E-state index contributed by atoms with van der Waals surface area (Å²) in [5.74, 6) is 0.733. The quantitative estimate of drug-likeness (QED) is 0.314. The van der Waals surface area contributed by atoms with Gasteiger partial charge in [-0.1, -0.05) is 30.7 Å². The van der Waals surface area contributed by atoms with Crippen LogP contribution >= 0.6 is 0 Å². The molecule has 0 bridgehead atoms. The van der Waals surface area contributed by atoms with Crippen molar-refractivity contribution in [1.29, 1.82) is 0 Å². The van der Waals surface area contributed by atoms with E-state index in [4.69, 9.17) is 4.74 Å². The number of hydrogen-bond donors (Lipinski definition) is 0. The molecular formula is C33H33FN2O4. The zero-order chi connectivity index (χ0) is 27.8. The molecule has 0 N–H and O–H groups in total. The van der Waals surface area contributed by atoms with Crippen molar-refractivity contribution in [1.82, 2.24) is 4.90 Å². The Morgan fingerprint density at radius 1 is 0.900 bits per heavy atom. The summed E-state index contributed by atoms with van der Waals surface area (Å²) in [6.45, 7) is 1.50. The van der Waals surface area contributed by atoms with E-state index in [0.29, 0.717) is 22.7 Å². The zero-order valence-electron chi connectivity index (χ0n) is 22.6. The van der Waals surface area contributed by atoms with Crippen LogP contribution in [0.2, 0.25) is 0 Å². The van der Waals surface area contributed by atoms with Gasteiger partial charge in [-0.15, -0.1) is 0 Å². The first-order valence-corrected chi connectivity index (χ1v) is 14.2. The number of benzene rings is 3. The highest BCUT2D eigenvalue weighted by Gasteiger charge is 2.51. The largest absolute Gasteiger partial charge is 0.457 e. The minimum atomic E-state index is -0.417. The predicted molar refractivity (Wildman–Crippen MR) is 150 cm³/mol. The molecule has 2 aliphatic carbocycles. The molecule has 0 spiro atoms. The Hall–Kier alpha value is -4.00. The van der Waals surface area contributed by atoms with E-state index < -0.39 is 5.82 Å². The lowest BCUT2D eigenvalue weighted by Crippen LogP contribution is -2.53. The van der Waals surface area contributed by atoms with Crippen molar-refractivity contribution in [3.63, 3.8) is 0 Å². The topological polar surface area (TPSA) is 66.9 Å². The van der Waals surface area contributed by atoms with E-state index in [-0.39, 0.29) is 54.5 Å². The first-order chi connectivity index (χ1) is 19.4. The number of carbonyl (C=O) groups is 3. The third kappa shape index (κ3) is 5.12. The second-order valence-electron chi connectivity index (χ2n) is 11.2. The summed E-state index contributed by atoms with van der Waals surface area (Å²) in [5.41, 5.74) is 1.84.